The van der Waals surface area contributed by atoms with Gasteiger partial charge in [0, 0.05) is 23.7 Å². The van der Waals surface area contributed by atoms with Gasteiger partial charge in [-0.3, -0.25) is 4.79 Å². The predicted octanol–water partition coefficient (Wildman–Crippen LogP) is 4.11. The number of carbonyl (C=O) groups is 1. The summed E-state index contributed by atoms with van der Waals surface area (Å²) in [6.07, 6.45) is 6.86. The fourth-order valence-corrected chi connectivity index (χ4v) is 4.09. The monoisotopic (exact) mass is 524 g/mol. The highest BCUT2D eigenvalue weighted by Crippen LogP contribution is 2.24. The van der Waals surface area contributed by atoms with Crippen LogP contribution in [0.4, 0.5) is 0 Å². The number of hydrogen-bond donors (Lipinski definition) is 6. The highest BCUT2D eigenvalue weighted by molar-refractivity contribution is 5.70. The summed E-state index contributed by atoms with van der Waals surface area (Å²) in [5, 5.41) is 61.2. The van der Waals surface area contributed by atoms with Gasteiger partial charge < -0.3 is 30.6 Å². The molecule has 6 N–H and O–H groups in total. The fourth-order valence-electron chi connectivity index (χ4n) is 4.09. The molecule has 0 saturated carbocycles. The molecule has 0 aromatic heterocycles. The molecule has 0 saturated heterocycles. The minimum absolute atomic E-state index is 0.0786. The van der Waals surface area contributed by atoms with Gasteiger partial charge in [0.05, 0.1) is 36.4 Å². The molecule has 7 nitrogen and oxygen atoms in total. The molecule has 0 spiro atoms. The molecule has 0 heterocycles. The van der Waals surface area contributed by atoms with Crippen LogP contribution in [-0.4, -0.2) is 67.1 Å². The van der Waals surface area contributed by atoms with Gasteiger partial charge >= 0.3 is 5.97 Å². The fraction of sp³-hybridized carbons (Fsp3) is 0.700. The van der Waals surface area contributed by atoms with Gasteiger partial charge in [-0.25, -0.2) is 0 Å². The van der Waals surface area contributed by atoms with E-state index in [2.05, 4.69) is 0 Å². The van der Waals surface area contributed by atoms with Crippen molar-refractivity contribution in [2.75, 3.05) is 0 Å². The Morgan fingerprint density at radius 1 is 0.649 bits per heavy atom. The lowest BCUT2D eigenvalue weighted by molar-refractivity contribution is -0.143. The molecule has 7 heteroatoms. The molecule has 0 fully saturated rings. The molecule has 0 amide bonds. The molecule has 11 unspecified atom stereocenters. The van der Waals surface area contributed by atoms with Gasteiger partial charge in [0.25, 0.3) is 0 Å². The van der Waals surface area contributed by atoms with Crippen LogP contribution in [0.1, 0.15) is 68.7 Å². The van der Waals surface area contributed by atoms with E-state index in [9.17, 15) is 30.3 Å². The van der Waals surface area contributed by atoms with Crippen LogP contribution in [0.5, 0.6) is 0 Å². The molecule has 0 aliphatic heterocycles. The first-order valence-corrected chi connectivity index (χ1v) is 13.4. The van der Waals surface area contributed by atoms with Crippen LogP contribution in [-0.2, 0) is 4.79 Å². The van der Waals surface area contributed by atoms with Gasteiger partial charge in [-0.15, -0.1) is 0 Å². The van der Waals surface area contributed by atoms with Crippen molar-refractivity contribution in [1.29, 1.82) is 0 Å². The summed E-state index contributed by atoms with van der Waals surface area (Å²) >= 11 is 0. The Balaban J connectivity index is 5.16. The van der Waals surface area contributed by atoms with E-state index in [4.69, 9.17) is 5.11 Å². The van der Waals surface area contributed by atoms with Crippen molar-refractivity contribution in [3.63, 3.8) is 0 Å². The second-order valence-electron chi connectivity index (χ2n) is 10.9. The molecule has 0 aliphatic carbocycles. The Labute approximate surface area is 223 Å². The largest absolute Gasteiger partial charge is 0.481 e. The number of aliphatic hydroxyl groups excluding tert-OH is 5. The normalized spacial score (nSPS) is 22.6. The zero-order valence-electron chi connectivity index (χ0n) is 24.1. The Kier molecular flexibility index (Phi) is 16.1. The maximum absolute atomic E-state index is 10.9. The van der Waals surface area contributed by atoms with Crippen molar-refractivity contribution < 1.29 is 35.4 Å². The molecular formula is C30H52O7. The molecule has 0 radical (unpaired) electrons. The van der Waals surface area contributed by atoms with E-state index in [0.29, 0.717) is 5.57 Å². The Morgan fingerprint density at radius 3 is 1.57 bits per heavy atom. The minimum Gasteiger partial charge on any atom is -0.481 e. The topological polar surface area (TPSA) is 138 Å². The van der Waals surface area contributed by atoms with Crippen molar-refractivity contribution in [1.82, 2.24) is 0 Å². The molecule has 0 aromatic carbocycles. The quantitative estimate of drug-likeness (QED) is 0.167. The lowest BCUT2D eigenvalue weighted by Crippen LogP contribution is -2.26. The lowest BCUT2D eigenvalue weighted by Gasteiger charge is -2.25. The lowest BCUT2D eigenvalue weighted by atomic mass is 9.87. The third kappa shape index (κ3) is 12.1. The Hall–Kier alpha value is -1.77. The van der Waals surface area contributed by atoms with E-state index in [1.165, 1.54) is 13.0 Å². The molecule has 0 aliphatic rings. The maximum atomic E-state index is 10.9. The van der Waals surface area contributed by atoms with Crippen LogP contribution in [0, 0.1) is 35.5 Å². The van der Waals surface area contributed by atoms with Crippen molar-refractivity contribution >= 4 is 5.97 Å². The van der Waals surface area contributed by atoms with E-state index >= 15 is 0 Å². The number of aliphatic carboxylic acids is 1. The summed E-state index contributed by atoms with van der Waals surface area (Å²) in [7, 11) is 0. The van der Waals surface area contributed by atoms with Crippen LogP contribution < -0.4 is 0 Å². The summed E-state index contributed by atoms with van der Waals surface area (Å²) in [5.74, 6) is -2.85. The van der Waals surface area contributed by atoms with Gasteiger partial charge in [0.2, 0.25) is 0 Å². The summed E-state index contributed by atoms with van der Waals surface area (Å²) < 4.78 is 0. The van der Waals surface area contributed by atoms with Crippen LogP contribution >= 0.6 is 0 Å². The minimum atomic E-state index is -1.14. The van der Waals surface area contributed by atoms with E-state index in [0.717, 1.165) is 12.0 Å². The molecule has 0 rings (SSSR count). The molecule has 11 atom stereocenters. The summed E-state index contributed by atoms with van der Waals surface area (Å²) in [6, 6.07) is 0. The van der Waals surface area contributed by atoms with Crippen LogP contribution in [0.25, 0.3) is 0 Å². The van der Waals surface area contributed by atoms with Gasteiger partial charge in [0.1, 0.15) is 0 Å². The number of hydrogen-bond acceptors (Lipinski definition) is 6. The third-order valence-electron chi connectivity index (χ3n) is 7.41. The van der Waals surface area contributed by atoms with Gasteiger partial charge in [-0.2, -0.15) is 0 Å². The molecule has 0 bridgehead atoms. The van der Waals surface area contributed by atoms with Crippen LogP contribution in [0.2, 0.25) is 0 Å². The standard InChI is InChI=1S/C30H52O7/c1-10-17(2)27(33)20(5)15-22(7)29(35)23(8)16-21(6)28(34)19(4)12-13-25(31)18(3)11-14-26(32)24(9)30(36)37/h11-20,23-29,31-35H,10H2,1-9H3,(H,36,37). The van der Waals surface area contributed by atoms with Crippen LogP contribution in [0.15, 0.2) is 47.6 Å². The van der Waals surface area contributed by atoms with Crippen molar-refractivity contribution in [2.45, 2.75) is 99.3 Å². The van der Waals surface area contributed by atoms with Crippen molar-refractivity contribution in [2.24, 2.45) is 35.5 Å². The van der Waals surface area contributed by atoms with Gasteiger partial charge in [-0.1, -0.05) is 84.4 Å². The smallest absolute Gasteiger partial charge is 0.309 e. The van der Waals surface area contributed by atoms with E-state index < -0.39 is 42.4 Å². The number of aliphatic hydroxyl groups is 5. The molecular weight excluding hydrogens is 472 g/mol. The van der Waals surface area contributed by atoms with Gasteiger partial charge in [-0.05, 0) is 37.8 Å². The Bertz CT molecular complexity index is 800. The average molecular weight is 525 g/mol. The first kappa shape index (κ1) is 35.2. The number of carboxylic acids is 1. The zero-order chi connectivity index (χ0) is 29.0. The highest BCUT2D eigenvalue weighted by Gasteiger charge is 2.23. The Morgan fingerprint density at radius 2 is 1.08 bits per heavy atom. The highest BCUT2D eigenvalue weighted by atomic mass is 16.4. The second-order valence-corrected chi connectivity index (χ2v) is 10.9. The maximum Gasteiger partial charge on any atom is 0.309 e. The van der Waals surface area contributed by atoms with Crippen LogP contribution in [0.3, 0.4) is 0 Å². The molecule has 0 aromatic rings. The first-order chi connectivity index (χ1) is 17.0. The van der Waals surface area contributed by atoms with E-state index in [-0.39, 0.29) is 29.6 Å². The SMILES string of the molecule is CCC(C)C(O)C(C)C=C(C)C(O)C(C)C=C(C)C(O)C(C)C=CC(O)C(C)C=CC(O)C(C)C(=O)O. The first-order valence-electron chi connectivity index (χ1n) is 13.4. The summed E-state index contributed by atoms with van der Waals surface area (Å²) in [4.78, 5) is 10.9. The zero-order valence-corrected chi connectivity index (χ0v) is 24.1. The third-order valence-corrected chi connectivity index (χ3v) is 7.41. The van der Waals surface area contributed by atoms with E-state index in [1.54, 1.807) is 32.1 Å². The average Bonchev–Trinajstić information content (AvgIpc) is 2.86. The molecule has 37 heavy (non-hydrogen) atoms. The summed E-state index contributed by atoms with van der Waals surface area (Å²) in [6.45, 7) is 16.5. The van der Waals surface area contributed by atoms with Crippen molar-refractivity contribution in [3.8, 4) is 0 Å². The predicted molar refractivity (Wildman–Crippen MR) is 149 cm³/mol. The van der Waals surface area contributed by atoms with E-state index in [1.807, 2.05) is 53.7 Å². The molecule has 214 valence electrons. The van der Waals surface area contributed by atoms with Crippen molar-refractivity contribution in [3.05, 3.63) is 47.6 Å². The van der Waals surface area contributed by atoms with Gasteiger partial charge in [0.15, 0.2) is 0 Å². The summed E-state index contributed by atoms with van der Waals surface area (Å²) in [5.41, 5.74) is 1.49. The second kappa shape index (κ2) is 16.9. The number of carboxylic acid groups (broad SMARTS) is 1. The number of rotatable bonds is 16.